The molecule has 0 rings (SSSR count). The third kappa shape index (κ3) is 21.4. The lowest BCUT2D eigenvalue weighted by Gasteiger charge is -2.35. The lowest BCUT2D eigenvalue weighted by molar-refractivity contribution is -0.875. The molecule has 0 saturated heterocycles. The van der Waals surface area contributed by atoms with Gasteiger partial charge in [0.05, 0.1) is 21.1 Å². The summed E-state index contributed by atoms with van der Waals surface area (Å²) < 4.78 is 12.1. The van der Waals surface area contributed by atoms with Crippen molar-refractivity contribution in [3.05, 3.63) is 24.3 Å². The molecule has 35 heavy (non-hydrogen) atoms. The molecule has 0 aromatic heterocycles. The molecule has 1 unspecified atom stereocenters. The van der Waals surface area contributed by atoms with E-state index in [1.165, 1.54) is 83.5 Å². The first-order valence-electron chi connectivity index (χ1n) is 14.4. The molecule has 5 nitrogen and oxygen atoms in total. The van der Waals surface area contributed by atoms with Gasteiger partial charge in [0.25, 0.3) is 0 Å². The van der Waals surface area contributed by atoms with Gasteiger partial charge in [0.15, 0.2) is 0 Å². The van der Waals surface area contributed by atoms with E-state index < -0.39 is 12.9 Å². The zero-order valence-corrected chi connectivity index (χ0v) is 24.5. The number of likely N-dealkylation sites (N-methyl/N-ethyl adjacent to an activating group) is 1. The minimum absolute atomic E-state index is 0.0472. The van der Waals surface area contributed by atoms with Gasteiger partial charge in [-0.1, -0.05) is 89.0 Å². The number of hydrogen-bond acceptors (Lipinski definition) is 2. The first-order chi connectivity index (χ1) is 16.5. The topological polar surface area (TPSA) is 77.8 Å². The second-order valence-corrected chi connectivity index (χ2v) is 13.3. The lowest BCUT2D eigenvalue weighted by atomic mass is 10.1. The highest BCUT2D eigenvalue weighted by Crippen LogP contribution is 2.52. The van der Waals surface area contributed by atoms with Crippen LogP contribution in [0.15, 0.2) is 24.3 Å². The molecule has 3 N–H and O–H groups in total. The maximum atomic E-state index is 11.8. The van der Waals surface area contributed by atoms with Crippen LogP contribution in [0.2, 0.25) is 0 Å². The summed E-state index contributed by atoms with van der Waals surface area (Å²) in [4.78, 5) is 19.2. The quantitative estimate of drug-likeness (QED) is 0.0524. The largest absolute Gasteiger partial charge is 0.373 e. The summed E-state index contributed by atoms with van der Waals surface area (Å²) in [5.41, 5.74) is 0. The van der Waals surface area contributed by atoms with Crippen LogP contribution in [0.1, 0.15) is 129 Å². The third-order valence-electron chi connectivity index (χ3n) is 6.52. The van der Waals surface area contributed by atoms with Crippen LogP contribution >= 0.6 is 7.60 Å². The first kappa shape index (κ1) is 34.6. The van der Waals surface area contributed by atoms with Crippen molar-refractivity contribution in [1.29, 1.82) is 0 Å². The summed E-state index contributed by atoms with van der Waals surface area (Å²) in [6.45, 7) is 2.32. The van der Waals surface area contributed by atoms with Crippen LogP contribution in [0.3, 0.4) is 0 Å². The van der Waals surface area contributed by atoms with Gasteiger partial charge < -0.3 is 19.4 Å². The molecule has 0 fully saturated rings. The Labute approximate surface area is 217 Å². The van der Waals surface area contributed by atoms with E-state index in [0.717, 1.165) is 25.7 Å². The van der Waals surface area contributed by atoms with Crippen LogP contribution in [0.5, 0.6) is 0 Å². The third-order valence-corrected chi connectivity index (χ3v) is 7.97. The predicted octanol–water partition coefficient (Wildman–Crippen LogP) is 8.10. The minimum atomic E-state index is -4.56. The Bertz CT molecular complexity index is 594. The van der Waals surface area contributed by atoms with Crippen LogP contribution in [0.25, 0.3) is 0 Å². The molecular weight excluding hydrogens is 457 g/mol. The molecule has 0 radical (unpaired) electrons. The van der Waals surface area contributed by atoms with Gasteiger partial charge in [0.2, 0.25) is 5.34 Å². The van der Waals surface area contributed by atoms with Gasteiger partial charge in [-0.25, -0.2) is 0 Å². The van der Waals surface area contributed by atoms with Crippen molar-refractivity contribution in [3.63, 3.8) is 0 Å². The highest BCUT2D eigenvalue weighted by molar-refractivity contribution is 7.53. The number of unbranched alkanes of at least 4 members (excludes halogenated alkanes) is 15. The molecule has 0 aromatic carbocycles. The number of hydrogen-bond donors (Lipinski definition) is 3. The summed E-state index contributed by atoms with van der Waals surface area (Å²) in [6, 6.07) is 0. The van der Waals surface area contributed by atoms with Crippen molar-refractivity contribution < 1.29 is 23.9 Å². The molecule has 0 aliphatic heterocycles. The highest BCUT2D eigenvalue weighted by Gasteiger charge is 2.48. The summed E-state index contributed by atoms with van der Waals surface area (Å²) >= 11 is 0. The van der Waals surface area contributed by atoms with E-state index in [1.807, 2.05) is 21.1 Å². The molecular formula is C29H59NO4P+. The van der Waals surface area contributed by atoms with Gasteiger partial charge >= 0.3 is 7.60 Å². The SMILES string of the molecule is CCCCCCCCCCC/C=C\CCCC/C=C\CCCCCC(O)(C[N+](C)(C)C)P(=O)(O)O. The number of aliphatic hydroxyl groups is 1. The Morgan fingerprint density at radius 1 is 0.629 bits per heavy atom. The smallest absolute Gasteiger partial charge is 0.362 e. The second-order valence-electron chi connectivity index (χ2n) is 11.4. The van der Waals surface area contributed by atoms with Gasteiger partial charge in [0, 0.05) is 0 Å². The summed E-state index contributed by atoms with van der Waals surface area (Å²) in [5, 5.41) is 8.62. The fraction of sp³-hybridized carbons (Fsp3) is 0.862. The van der Waals surface area contributed by atoms with Crippen molar-refractivity contribution in [2.75, 3.05) is 27.7 Å². The maximum Gasteiger partial charge on any atom is 0.362 e. The fourth-order valence-corrected chi connectivity index (χ4v) is 5.55. The van der Waals surface area contributed by atoms with Gasteiger partial charge in [-0.3, -0.25) is 4.57 Å². The molecule has 0 aliphatic rings. The molecule has 0 bridgehead atoms. The van der Waals surface area contributed by atoms with Crippen molar-refractivity contribution in [3.8, 4) is 0 Å². The van der Waals surface area contributed by atoms with Crippen molar-refractivity contribution in [2.24, 2.45) is 0 Å². The number of nitrogens with zero attached hydrogens (tertiary/aromatic N) is 1. The average Bonchev–Trinajstić information content (AvgIpc) is 2.75. The van der Waals surface area contributed by atoms with Gasteiger partial charge in [-0.05, 0) is 64.2 Å². The Balaban J connectivity index is 3.61. The second kappa shape index (κ2) is 20.6. The van der Waals surface area contributed by atoms with Crippen LogP contribution < -0.4 is 0 Å². The van der Waals surface area contributed by atoms with Crippen LogP contribution in [-0.2, 0) is 4.57 Å². The van der Waals surface area contributed by atoms with Crippen LogP contribution in [0, 0.1) is 0 Å². The Morgan fingerprint density at radius 3 is 1.34 bits per heavy atom. The molecule has 0 spiro atoms. The molecule has 0 amide bonds. The van der Waals surface area contributed by atoms with E-state index in [0.29, 0.717) is 10.9 Å². The van der Waals surface area contributed by atoms with Crippen molar-refractivity contribution in [1.82, 2.24) is 0 Å². The van der Waals surface area contributed by atoms with E-state index in [9.17, 15) is 19.5 Å². The molecule has 6 heteroatoms. The zero-order valence-electron chi connectivity index (χ0n) is 23.6. The first-order valence-corrected chi connectivity index (χ1v) is 16.0. The summed E-state index contributed by atoms with van der Waals surface area (Å²) in [5.74, 6) is 0. The van der Waals surface area contributed by atoms with Gasteiger partial charge in [-0.2, -0.15) is 0 Å². The highest BCUT2D eigenvalue weighted by atomic mass is 31.2. The van der Waals surface area contributed by atoms with Crippen LogP contribution in [-0.4, -0.2) is 52.4 Å². The van der Waals surface area contributed by atoms with E-state index >= 15 is 0 Å². The number of allylic oxidation sites excluding steroid dienone is 4. The van der Waals surface area contributed by atoms with Crippen molar-refractivity contribution in [2.45, 2.75) is 134 Å². The van der Waals surface area contributed by atoms with Gasteiger partial charge in [0.1, 0.15) is 6.54 Å². The predicted molar refractivity (Wildman–Crippen MR) is 152 cm³/mol. The molecule has 0 saturated carbocycles. The van der Waals surface area contributed by atoms with E-state index in [-0.39, 0.29) is 13.0 Å². The number of quaternary nitrogens is 1. The Kier molecular flexibility index (Phi) is 20.3. The molecule has 208 valence electrons. The van der Waals surface area contributed by atoms with E-state index in [4.69, 9.17) is 0 Å². The maximum absolute atomic E-state index is 11.8. The number of rotatable bonds is 24. The van der Waals surface area contributed by atoms with E-state index in [1.54, 1.807) is 0 Å². The zero-order chi connectivity index (χ0) is 26.5. The van der Waals surface area contributed by atoms with Crippen LogP contribution in [0.4, 0.5) is 0 Å². The van der Waals surface area contributed by atoms with E-state index in [2.05, 4.69) is 31.2 Å². The minimum Gasteiger partial charge on any atom is -0.373 e. The van der Waals surface area contributed by atoms with Gasteiger partial charge in [-0.15, -0.1) is 0 Å². The Morgan fingerprint density at radius 2 is 0.971 bits per heavy atom. The molecule has 1 atom stereocenters. The standard InChI is InChI=1S/C29H58NO4P/c1-5-6-7-8-9-10-11-12-13-14-15-16-17-18-19-20-21-22-23-24-25-26-27-29(31,35(32,33)34)28-30(2,3)4/h15-16,21-22,31H,5-14,17-20,23-28H2,1-4H3,(H-,32,33,34)/p+1/b16-15-,22-21-. The average molecular weight is 517 g/mol. The molecule has 0 heterocycles. The fourth-order valence-electron chi connectivity index (χ4n) is 4.49. The summed E-state index contributed by atoms with van der Waals surface area (Å²) in [6.07, 6.45) is 31.3. The summed E-state index contributed by atoms with van der Waals surface area (Å²) in [7, 11) is 0.941. The lowest BCUT2D eigenvalue weighted by Crippen LogP contribution is -2.49. The molecule has 0 aromatic rings. The Hall–Kier alpha value is -0.450. The monoisotopic (exact) mass is 516 g/mol. The normalized spacial score (nSPS) is 14.8. The molecule has 0 aliphatic carbocycles. The van der Waals surface area contributed by atoms with Crippen molar-refractivity contribution >= 4 is 7.60 Å².